The van der Waals surface area contributed by atoms with Gasteiger partial charge < -0.3 is 10.2 Å². The minimum absolute atomic E-state index is 0.0251. The molecule has 3 aromatic rings. The highest BCUT2D eigenvalue weighted by molar-refractivity contribution is 7.92. The molecule has 0 fully saturated rings. The number of hydrogen-bond donors (Lipinski definition) is 1. The van der Waals surface area contributed by atoms with Crippen LogP contribution in [0.2, 0.25) is 10.0 Å². The van der Waals surface area contributed by atoms with E-state index in [1.165, 1.54) is 17.0 Å². The van der Waals surface area contributed by atoms with Crippen molar-refractivity contribution in [1.29, 1.82) is 0 Å². The van der Waals surface area contributed by atoms with Gasteiger partial charge in [0.1, 0.15) is 12.6 Å². The van der Waals surface area contributed by atoms with Crippen molar-refractivity contribution in [1.82, 2.24) is 10.2 Å². The fraction of sp³-hybridized carbons (Fsp3) is 0.355. The second-order valence-corrected chi connectivity index (χ2v) is 13.4. The van der Waals surface area contributed by atoms with Gasteiger partial charge in [0.05, 0.1) is 20.6 Å². The van der Waals surface area contributed by atoms with Gasteiger partial charge in [-0.25, -0.2) is 8.42 Å². The maximum Gasteiger partial charge on any atom is 0.264 e. The fourth-order valence-corrected chi connectivity index (χ4v) is 6.11. The van der Waals surface area contributed by atoms with Crippen LogP contribution < -0.4 is 9.62 Å². The van der Waals surface area contributed by atoms with E-state index in [2.05, 4.69) is 5.32 Å². The predicted molar refractivity (Wildman–Crippen MR) is 166 cm³/mol. The zero-order valence-corrected chi connectivity index (χ0v) is 26.6. The lowest BCUT2D eigenvalue weighted by Crippen LogP contribution is -2.51. The second-order valence-electron chi connectivity index (χ2n) is 10.7. The van der Waals surface area contributed by atoms with Crippen LogP contribution >= 0.6 is 23.2 Å². The summed E-state index contributed by atoms with van der Waals surface area (Å²) in [5, 5.41) is 3.55. The van der Waals surface area contributed by atoms with Crippen LogP contribution in [0.4, 0.5) is 5.69 Å². The van der Waals surface area contributed by atoms with Gasteiger partial charge in [-0.05, 0) is 75.1 Å². The SMILES string of the molecule is Cc1ccc(S(=O)(=O)N(CC(=O)N(Cc2ccc(Cl)c(Cl)c2)[C@H](C)C(=O)NCC(C)C)c2ccc(C)cc2C)cc1. The van der Waals surface area contributed by atoms with Gasteiger partial charge in [0.25, 0.3) is 10.0 Å². The molecule has 0 aliphatic rings. The molecule has 0 unspecified atom stereocenters. The molecule has 0 aromatic heterocycles. The Labute approximate surface area is 253 Å². The molecule has 2 amide bonds. The highest BCUT2D eigenvalue weighted by Crippen LogP contribution is 2.29. The summed E-state index contributed by atoms with van der Waals surface area (Å²) in [6.45, 7) is 11.1. The van der Waals surface area contributed by atoms with E-state index in [0.717, 1.165) is 15.4 Å². The standard InChI is InChI=1S/C31H37Cl2N3O4S/c1-20(2)17-34-31(38)24(6)35(18-25-10-13-27(32)28(33)16-25)30(37)19-36(29-14-9-22(4)15-23(29)5)41(39,40)26-11-7-21(3)8-12-26/h7-16,20,24H,17-19H2,1-6H3,(H,34,38)/t24-/m1/s1. The van der Waals surface area contributed by atoms with Gasteiger partial charge in [0.15, 0.2) is 0 Å². The van der Waals surface area contributed by atoms with Crippen molar-refractivity contribution in [3.8, 4) is 0 Å². The Morgan fingerprint density at radius 1 is 0.854 bits per heavy atom. The van der Waals surface area contributed by atoms with Crippen LogP contribution in [0.15, 0.2) is 65.6 Å². The van der Waals surface area contributed by atoms with Gasteiger partial charge in [-0.3, -0.25) is 13.9 Å². The summed E-state index contributed by atoms with van der Waals surface area (Å²) in [7, 11) is -4.14. The highest BCUT2D eigenvalue weighted by atomic mass is 35.5. The molecule has 0 aliphatic heterocycles. The third kappa shape index (κ3) is 8.24. The number of carbonyl (C=O) groups is 2. The second kappa shape index (κ2) is 13.7. The van der Waals surface area contributed by atoms with E-state index in [4.69, 9.17) is 23.2 Å². The normalized spacial score (nSPS) is 12.2. The average Bonchev–Trinajstić information content (AvgIpc) is 2.91. The molecule has 0 spiro atoms. The Kier molecular flexibility index (Phi) is 10.9. The highest BCUT2D eigenvalue weighted by Gasteiger charge is 2.33. The van der Waals surface area contributed by atoms with Gasteiger partial charge in [0.2, 0.25) is 11.8 Å². The number of aryl methyl sites for hydroxylation is 3. The van der Waals surface area contributed by atoms with E-state index in [-0.39, 0.29) is 23.3 Å². The number of sulfonamides is 1. The van der Waals surface area contributed by atoms with E-state index >= 15 is 0 Å². The number of benzene rings is 3. The molecule has 41 heavy (non-hydrogen) atoms. The third-order valence-corrected chi connectivity index (χ3v) is 9.21. The zero-order chi connectivity index (χ0) is 30.5. The topological polar surface area (TPSA) is 86.8 Å². The maximum absolute atomic E-state index is 14.1. The molecule has 0 bridgehead atoms. The minimum Gasteiger partial charge on any atom is -0.354 e. The number of nitrogens with zero attached hydrogens (tertiary/aromatic N) is 2. The van der Waals surface area contributed by atoms with Crippen LogP contribution in [0.5, 0.6) is 0 Å². The van der Waals surface area contributed by atoms with Crippen LogP contribution in [-0.4, -0.2) is 44.3 Å². The van der Waals surface area contributed by atoms with Crippen molar-refractivity contribution < 1.29 is 18.0 Å². The summed E-state index contributed by atoms with van der Waals surface area (Å²) >= 11 is 12.3. The molecule has 0 saturated heterocycles. The first-order valence-electron chi connectivity index (χ1n) is 13.4. The summed E-state index contributed by atoms with van der Waals surface area (Å²) in [4.78, 5) is 28.6. The number of halogens is 2. The van der Waals surface area contributed by atoms with E-state index in [1.807, 2.05) is 33.8 Å². The molecule has 7 nitrogen and oxygen atoms in total. The lowest BCUT2D eigenvalue weighted by Gasteiger charge is -2.32. The van der Waals surface area contributed by atoms with Crippen LogP contribution in [0.3, 0.4) is 0 Å². The van der Waals surface area contributed by atoms with Gasteiger partial charge in [-0.1, -0.05) is 78.5 Å². The summed E-state index contributed by atoms with van der Waals surface area (Å²) < 4.78 is 29.1. The van der Waals surface area contributed by atoms with E-state index in [9.17, 15) is 18.0 Å². The van der Waals surface area contributed by atoms with E-state index in [1.54, 1.807) is 56.3 Å². The summed E-state index contributed by atoms with van der Waals surface area (Å²) in [5.41, 5.74) is 3.60. The lowest BCUT2D eigenvalue weighted by molar-refractivity contribution is -0.139. The molecule has 1 N–H and O–H groups in total. The quantitative estimate of drug-likeness (QED) is 0.273. The molecule has 0 aliphatic carbocycles. The van der Waals surface area contributed by atoms with Crippen molar-refractivity contribution in [2.45, 2.75) is 59.0 Å². The van der Waals surface area contributed by atoms with Crippen LogP contribution in [0.1, 0.15) is 43.0 Å². The summed E-state index contributed by atoms with van der Waals surface area (Å²) in [6.07, 6.45) is 0. The number of hydrogen-bond acceptors (Lipinski definition) is 4. The van der Waals surface area contributed by atoms with Crippen molar-refractivity contribution in [3.05, 3.63) is 93.0 Å². The first-order chi connectivity index (χ1) is 19.2. The zero-order valence-electron chi connectivity index (χ0n) is 24.2. The number of rotatable bonds is 11. The summed E-state index contributed by atoms with van der Waals surface area (Å²) in [6, 6.07) is 15.9. The summed E-state index contributed by atoms with van der Waals surface area (Å²) in [5.74, 6) is -0.671. The van der Waals surface area contributed by atoms with Crippen molar-refractivity contribution in [3.63, 3.8) is 0 Å². The molecule has 3 aromatic carbocycles. The van der Waals surface area contributed by atoms with E-state index < -0.39 is 28.5 Å². The number of carbonyl (C=O) groups excluding carboxylic acids is 2. The molecule has 0 saturated carbocycles. The first-order valence-corrected chi connectivity index (χ1v) is 15.6. The molecule has 0 radical (unpaired) electrons. The Hall–Kier alpha value is -3.07. The average molecular weight is 619 g/mol. The monoisotopic (exact) mass is 617 g/mol. The van der Waals surface area contributed by atoms with Crippen molar-refractivity contribution >= 4 is 50.7 Å². The Morgan fingerprint density at radius 3 is 2.07 bits per heavy atom. The minimum atomic E-state index is -4.14. The van der Waals surface area contributed by atoms with Crippen molar-refractivity contribution in [2.24, 2.45) is 5.92 Å². The van der Waals surface area contributed by atoms with Crippen molar-refractivity contribution in [2.75, 3.05) is 17.4 Å². The largest absolute Gasteiger partial charge is 0.354 e. The molecular weight excluding hydrogens is 581 g/mol. The van der Waals surface area contributed by atoms with Crippen LogP contribution in [0, 0.1) is 26.7 Å². The van der Waals surface area contributed by atoms with Crippen LogP contribution in [0.25, 0.3) is 0 Å². The smallest absolute Gasteiger partial charge is 0.264 e. The number of nitrogens with one attached hydrogen (secondary N) is 1. The molecule has 10 heteroatoms. The van der Waals surface area contributed by atoms with E-state index in [0.29, 0.717) is 33.4 Å². The molecule has 0 heterocycles. The molecular formula is C31H37Cl2N3O4S. The Bertz CT molecular complexity index is 1510. The van der Waals surface area contributed by atoms with Gasteiger partial charge in [-0.2, -0.15) is 0 Å². The number of anilines is 1. The predicted octanol–water partition coefficient (Wildman–Crippen LogP) is 6.30. The molecule has 1 atom stereocenters. The van der Waals surface area contributed by atoms with Gasteiger partial charge in [-0.15, -0.1) is 0 Å². The van der Waals surface area contributed by atoms with Gasteiger partial charge in [0, 0.05) is 13.1 Å². The maximum atomic E-state index is 14.1. The molecule has 220 valence electrons. The first kappa shape index (κ1) is 32.4. The Morgan fingerprint density at radius 2 is 1.49 bits per heavy atom. The Balaban J connectivity index is 2.06. The lowest BCUT2D eigenvalue weighted by atomic mass is 10.1. The molecule has 3 rings (SSSR count). The third-order valence-electron chi connectivity index (χ3n) is 6.70. The number of amides is 2. The van der Waals surface area contributed by atoms with Crippen LogP contribution in [-0.2, 0) is 26.2 Å². The van der Waals surface area contributed by atoms with Gasteiger partial charge >= 0.3 is 0 Å². The fourth-order valence-electron chi connectivity index (χ4n) is 4.31.